The number of nitrogens with one attached hydrogen (secondary N) is 2. The molecular weight excluding hydrogens is 364 g/mol. The van der Waals surface area contributed by atoms with E-state index in [0.29, 0.717) is 27.4 Å². The number of hydrogen-bond donors (Lipinski definition) is 2. The number of carbonyl (C=O) groups excluding carboxylic acids is 2. The van der Waals surface area contributed by atoms with Gasteiger partial charge in [-0.05, 0) is 50.6 Å². The minimum atomic E-state index is -0.321. The molecule has 140 valence electrons. The van der Waals surface area contributed by atoms with Crippen LogP contribution >= 0.6 is 11.3 Å². The molecule has 8 heteroatoms. The minimum absolute atomic E-state index is 0.116. The summed E-state index contributed by atoms with van der Waals surface area (Å²) < 4.78 is 1.39. The molecule has 3 aromatic rings. The highest BCUT2D eigenvalue weighted by Gasteiger charge is 2.16. The summed E-state index contributed by atoms with van der Waals surface area (Å²) in [5.41, 5.74) is 1.94. The predicted molar refractivity (Wildman–Crippen MR) is 107 cm³/mol. The third-order valence-electron chi connectivity index (χ3n) is 4.27. The molecular formula is C19H20N4O3S. The molecule has 2 amide bonds. The van der Waals surface area contributed by atoms with E-state index in [1.165, 1.54) is 22.8 Å². The van der Waals surface area contributed by atoms with Crippen LogP contribution in [0.5, 0.6) is 0 Å². The molecule has 0 aliphatic heterocycles. The van der Waals surface area contributed by atoms with Gasteiger partial charge in [-0.2, -0.15) is 0 Å². The normalized spacial score (nSPS) is 10.8. The summed E-state index contributed by atoms with van der Waals surface area (Å²) in [5, 5.41) is 6.00. The lowest BCUT2D eigenvalue weighted by molar-refractivity contribution is -0.117. The van der Waals surface area contributed by atoms with Gasteiger partial charge in [0.15, 0.2) is 0 Å². The fraction of sp³-hybridized carbons (Fsp3) is 0.263. The molecule has 0 unspecified atom stereocenters. The number of aryl methyl sites for hydroxylation is 3. The number of carbonyl (C=O) groups is 2. The quantitative estimate of drug-likeness (QED) is 0.723. The average molecular weight is 384 g/mol. The van der Waals surface area contributed by atoms with Crippen molar-refractivity contribution in [1.29, 1.82) is 0 Å². The van der Waals surface area contributed by atoms with Gasteiger partial charge in [-0.1, -0.05) is 0 Å². The molecule has 0 saturated carbocycles. The Morgan fingerprint density at radius 3 is 2.26 bits per heavy atom. The van der Waals surface area contributed by atoms with Gasteiger partial charge < -0.3 is 10.6 Å². The lowest BCUT2D eigenvalue weighted by Gasteiger charge is -2.11. The first-order chi connectivity index (χ1) is 12.8. The van der Waals surface area contributed by atoms with Crippen molar-refractivity contribution < 1.29 is 9.59 Å². The van der Waals surface area contributed by atoms with Gasteiger partial charge in [0.2, 0.25) is 11.8 Å². The molecule has 0 atom stereocenters. The summed E-state index contributed by atoms with van der Waals surface area (Å²) in [4.78, 5) is 42.5. The summed E-state index contributed by atoms with van der Waals surface area (Å²) in [6.07, 6.45) is 0. The highest BCUT2D eigenvalue weighted by Crippen LogP contribution is 2.26. The van der Waals surface area contributed by atoms with E-state index in [2.05, 4.69) is 15.6 Å². The number of hydrogen-bond acceptors (Lipinski definition) is 5. The van der Waals surface area contributed by atoms with E-state index in [9.17, 15) is 14.4 Å². The fourth-order valence-corrected chi connectivity index (χ4v) is 3.86. The zero-order valence-electron chi connectivity index (χ0n) is 15.5. The van der Waals surface area contributed by atoms with E-state index >= 15 is 0 Å². The van der Waals surface area contributed by atoms with Gasteiger partial charge in [0.1, 0.15) is 17.2 Å². The Balaban J connectivity index is 1.81. The maximum absolute atomic E-state index is 12.8. The van der Waals surface area contributed by atoms with Crippen LogP contribution in [0.1, 0.15) is 23.2 Å². The van der Waals surface area contributed by atoms with Crippen molar-refractivity contribution in [3.8, 4) is 0 Å². The SMILES string of the molecule is CC(=O)Nc1ccc(NC(=O)Cn2c(C)nc3sc(C)c(C)c3c2=O)cc1. The Labute approximate surface area is 160 Å². The van der Waals surface area contributed by atoms with Crippen LogP contribution in [-0.4, -0.2) is 21.4 Å². The van der Waals surface area contributed by atoms with Crippen LogP contribution < -0.4 is 16.2 Å². The molecule has 0 aliphatic carbocycles. The summed E-state index contributed by atoms with van der Waals surface area (Å²) in [5.74, 6) is 0.0200. The monoisotopic (exact) mass is 384 g/mol. The number of nitrogens with zero attached hydrogens (tertiary/aromatic N) is 2. The maximum Gasteiger partial charge on any atom is 0.263 e. The van der Waals surface area contributed by atoms with E-state index in [4.69, 9.17) is 0 Å². The zero-order chi connectivity index (χ0) is 19.7. The Morgan fingerprint density at radius 2 is 1.67 bits per heavy atom. The first-order valence-electron chi connectivity index (χ1n) is 8.41. The average Bonchev–Trinajstić information content (AvgIpc) is 2.87. The highest BCUT2D eigenvalue weighted by atomic mass is 32.1. The topological polar surface area (TPSA) is 93.1 Å². The van der Waals surface area contributed by atoms with Crippen molar-refractivity contribution in [2.45, 2.75) is 34.2 Å². The first kappa shape index (κ1) is 18.8. The molecule has 3 rings (SSSR count). The van der Waals surface area contributed by atoms with Crippen LogP contribution in [0.15, 0.2) is 29.1 Å². The molecule has 0 radical (unpaired) electrons. The van der Waals surface area contributed by atoms with E-state index in [1.807, 2.05) is 13.8 Å². The molecule has 2 aromatic heterocycles. The summed E-state index contributed by atoms with van der Waals surface area (Å²) in [6.45, 7) is 6.89. The van der Waals surface area contributed by atoms with Crippen molar-refractivity contribution in [3.05, 3.63) is 50.9 Å². The first-order valence-corrected chi connectivity index (χ1v) is 9.22. The van der Waals surface area contributed by atoms with Crippen molar-refractivity contribution in [2.75, 3.05) is 10.6 Å². The highest BCUT2D eigenvalue weighted by molar-refractivity contribution is 7.18. The lowest BCUT2D eigenvalue weighted by Crippen LogP contribution is -2.30. The second-order valence-corrected chi connectivity index (χ2v) is 7.52. The predicted octanol–water partition coefficient (Wildman–Crippen LogP) is 2.98. The number of thiophene rings is 1. The van der Waals surface area contributed by atoms with Gasteiger partial charge in [-0.3, -0.25) is 19.0 Å². The van der Waals surface area contributed by atoms with Crippen molar-refractivity contribution in [3.63, 3.8) is 0 Å². The van der Waals surface area contributed by atoms with Crippen LogP contribution in [-0.2, 0) is 16.1 Å². The van der Waals surface area contributed by atoms with Gasteiger partial charge >= 0.3 is 0 Å². The number of benzene rings is 1. The number of aromatic nitrogens is 2. The number of fused-ring (bicyclic) bond motifs is 1. The molecule has 1 aromatic carbocycles. The van der Waals surface area contributed by atoms with Crippen LogP contribution in [0.2, 0.25) is 0 Å². The van der Waals surface area contributed by atoms with Gasteiger partial charge in [0.25, 0.3) is 5.56 Å². The zero-order valence-corrected chi connectivity index (χ0v) is 16.4. The second kappa shape index (κ2) is 7.32. The van der Waals surface area contributed by atoms with E-state index in [0.717, 1.165) is 10.4 Å². The molecule has 2 N–H and O–H groups in total. The van der Waals surface area contributed by atoms with Crippen LogP contribution in [0.25, 0.3) is 10.2 Å². The van der Waals surface area contributed by atoms with E-state index in [1.54, 1.807) is 31.2 Å². The Bertz CT molecular complexity index is 1100. The van der Waals surface area contributed by atoms with Crippen LogP contribution in [0.3, 0.4) is 0 Å². The standard InChI is InChI=1S/C19H20N4O3S/c1-10-11(2)27-18-17(10)19(26)23(12(3)20-18)9-16(25)22-15-7-5-14(6-8-15)21-13(4)24/h5-8H,9H2,1-4H3,(H,21,24)(H,22,25). The molecule has 0 spiro atoms. The van der Waals surface area contributed by atoms with Crippen molar-refractivity contribution in [1.82, 2.24) is 9.55 Å². The van der Waals surface area contributed by atoms with E-state index in [-0.39, 0.29) is 23.9 Å². The van der Waals surface area contributed by atoms with Gasteiger partial charge in [0.05, 0.1) is 5.39 Å². The molecule has 0 fully saturated rings. The van der Waals surface area contributed by atoms with Gasteiger partial charge in [-0.25, -0.2) is 4.98 Å². The third-order valence-corrected chi connectivity index (χ3v) is 5.37. The summed E-state index contributed by atoms with van der Waals surface area (Å²) >= 11 is 1.49. The Kier molecular flexibility index (Phi) is 5.09. The minimum Gasteiger partial charge on any atom is -0.326 e. The Hall–Kier alpha value is -3.00. The Morgan fingerprint density at radius 1 is 1.07 bits per heavy atom. The lowest BCUT2D eigenvalue weighted by atomic mass is 10.2. The second-order valence-electron chi connectivity index (χ2n) is 6.32. The number of rotatable bonds is 4. The molecule has 0 bridgehead atoms. The largest absolute Gasteiger partial charge is 0.326 e. The van der Waals surface area contributed by atoms with Crippen molar-refractivity contribution >= 4 is 44.7 Å². The molecule has 7 nitrogen and oxygen atoms in total. The van der Waals surface area contributed by atoms with Gasteiger partial charge in [-0.15, -0.1) is 11.3 Å². The number of anilines is 2. The summed E-state index contributed by atoms with van der Waals surface area (Å²) in [7, 11) is 0. The van der Waals surface area contributed by atoms with Crippen molar-refractivity contribution in [2.24, 2.45) is 0 Å². The molecule has 0 saturated heterocycles. The third kappa shape index (κ3) is 3.90. The molecule has 2 heterocycles. The van der Waals surface area contributed by atoms with E-state index < -0.39 is 0 Å². The van der Waals surface area contributed by atoms with Crippen LogP contribution in [0.4, 0.5) is 11.4 Å². The maximum atomic E-state index is 12.8. The molecule has 0 aliphatic rings. The van der Waals surface area contributed by atoms with Gasteiger partial charge in [0, 0.05) is 23.2 Å². The number of amides is 2. The molecule has 27 heavy (non-hydrogen) atoms. The fourth-order valence-electron chi connectivity index (χ4n) is 2.80. The summed E-state index contributed by atoms with van der Waals surface area (Å²) in [6, 6.07) is 6.76. The smallest absolute Gasteiger partial charge is 0.263 e. The van der Waals surface area contributed by atoms with Crippen LogP contribution in [0, 0.1) is 20.8 Å².